The molecule has 0 unspecified atom stereocenters. The van der Waals surface area contributed by atoms with Crippen molar-refractivity contribution in [2.24, 2.45) is 0 Å². The number of anilines is 1. The Bertz CT molecular complexity index is 1040. The van der Waals surface area contributed by atoms with Gasteiger partial charge in [0.05, 0.1) is 28.6 Å². The Morgan fingerprint density at radius 2 is 1.86 bits per heavy atom. The van der Waals surface area contributed by atoms with Crippen LogP contribution in [0.2, 0.25) is 0 Å². The smallest absolute Gasteiger partial charge is 0.370 e. The summed E-state index contributed by atoms with van der Waals surface area (Å²) >= 11 is 0. The van der Waals surface area contributed by atoms with Crippen molar-refractivity contribution in [2.75, 3.05) is 11.9 Å². The minimum Gasteiger partial charge on any atom is -0.370 e. The quantitative estimate of drug-likeness (QED) is 0.665. The number of rotatable bonds is 2. The lowest BCUT2D eigenvalue weighted by Gasteiger charge is -2.09. The Morgan fingerprint density at radius 1 is 1.07 bits per heavy atom. The summed E-state index contributed by atoms with van der Waals surface area (Å²) in [5, 5.41) is 17.0. The fourth-order valence-corrected chi connectivity index (χ4v) is 3.44. The highest BCUT2D eigenvalue weighted by Gasteiger charge is 2.31. The maximum Gasteiger partial charge on any atom is 0.416 e. The van der Waals surface area contributed by atoms with Crippen LogP contribution in [0.4, 0.5) is 19.0 Å². The highest BCUT2D eigenvalue weighted by atomic mass is 19.4. The molecule has 28 heavy (non-hydrogen) atoms. The summed E-state index contributed by atoms with van der Waals surface area (Å²) in [7, 11) is 0. The van der Waals surface area contributed by atoms with Crippen molar-refractivity contribution >= 4 is 5.82 Å². The third-order valence-corrected chi connectivity index (χ3v) is 4.83. The van der Waals surface area contributed by atoms with Crippen LogP contribution in [0.25, 0.3) is 16.9 Å². The molecular weight excluding hydrogens is 365 g/mol. The zero-order valence-electron chi connectivity index (χ0n) is 14.9. The molecule has 1 aromatic heterocycles. The molecule has 0 radical (unpaired) electrons. The third-order valence-electron chi connectivity index (χ3n) is 4.83. The number of halogens is 3. The number of nitrogens with one attached hydrogen (secondary N) is 1. The zero-order chi connectivity index (χ0) is 19.7. The van der Waals surface area contributed by atoms with Gasteiger partial charge < -0.3 is 5.32 Å². The van der Waals surface area contributed by atoms with Crippen molar-refractivity contribution in [3.63, 3.8) is 0 Å². The maximum atomic E-state index is 13.2. The van der Waals surface area contributed by atoms with Crippen LogP contribution >= 0.6 is 0 Å². The summed E-state index contributed by atoms with van der Waals surface area (Å²) in [6.45, 7) is 0.775. The van der Waals surface area contributed by atoms with Gasteiger partial charge in [0.1, 0.15) is 5.82 Å². The lowest BCUT2D eigenvalue weighted by molar-refractivity contribution is -0.137. The molecule has 142 valence electrons. The third kappa shape index (κ3) is 3.33. The minimum absolute atomic E-state index is 0.446. The molecule has 1 N–H and O–H groups in total. The van der Waals surface area contributed by atoms with Crippen LogP contribution in [0.3, 0.4) is 0 Å². The topological polar surface area (TPSA) is 53.6 Å². The Kier molecular flexibility index (Phi) is 4.55. The number of nitriles is 1. The molecule has 0 saturated heterocycles. The molecule has 7 heteroatoms. The lowest BCUT2D eigenvalue weighted by Crippen LogP contribution is -2.07. The molecule has 3 aromatic rings. The van der Waals surface area contributed by atoms with Crippen LogP contribution < -0.4 is 5.32 Å². The first-order valence-electron chi connectivity index (χ1n) is 9.01. The number of nitrogens with zero attached hydrogens (tertiary/aromatic N) is 3. The Morgan fingerprint density at radius 3 is 2.57 bits per heavy atom. The lowest BCUT2D eigenvalue weighted by atomic mass is 10.0. The van der Waals surface area contributed by atoms with E-state index in [4.69, 9.17) is 5.26 Å². The predicted octanol–water partition coefficient (Wildman–Crippen LogP) is 5.18. The Balaban J connectivity index is 1.87. The van der Waals surface area contributed by atoms with Gasteiger partial charge >= 0.3 is 6.18 Å². The molecule has 0 aliphatic carbocycles. The van der Waals surface area contributed by atoms with E-state index in [0.717, 1.165) is 55.0 Å². The van der Waals surface area contributed by atoms with Crippen LogP contribution in [-0.2, 0) is 12.6 Å². The van der Waals surface area contributed by atoms with E-state index in [2.05, 4.69) is 16.5 Å². The predicted molar refractivity (Wildman–Crippen MR) is 100 cm³/mol. The van der Waals surface area contributed by atoms with E-state index in [0.29, 0.717) is 16.8 Å². The molecule has 0 bridgehead atoms. The maximum absolute atomic E-state index is 13.2. The van der Waals surface area contributed by atoms with E-state index < -0.39 is 11.7 Å². The van der Waals surface area contributed by atoms with E-state index in [9.17, 15) is 13.2 Å². The van der Waals surface area contributed by atoms with Crippen molar-refractivity contribution in [1.29, 1.82) is 5.26 Å². The van der Waals surface area contributed by atoms with Gasteiger partial charge in [-0.2, -0.15) is 23.5 Å². The van der Waals surface area contributed by atoms with Crippen LogP contribution in [0.15, 0.2) is 48.5 Å². The number of alkyl halides is 3. The summed E-state index contributed by atoms with van der Waals surface area (Å²) in [6, 6.07) is 14.3. The van der Waals surface area contributed by atoms with Crippen LogP contribution in [0.5, 0.6) is 0 Å². The number of benzene rings is 2. The van der Waals surface area contributed by atoms with Gasteiger partial charge in [0.15, 0.2) is 0 Å². The number of hydrogen-bond acceptors (Lipinski definition) is 3. The fraction of sp³-hybridized carbons (Fsp3) is 0.238. The van der Waals surface area contributed by atoms with Crippen molar-refractivity contribution < 1.29 is 13.2 Å². The van der Waals surface area contributed by atoms with Crippen molar-refractivity contribution in [1.82, 2.24) is 9.78 Å². The monoisotopic (exact) mass is 382 g/mol. The van der Waals surface area contributed by atoms with Gasteiger partial charge in [0.2, 0.25) is 0 Å². The summed E-state index contributed by atoms with van der Waals surface area (Å²) in [5.41, 5.74) is 2.52. The van der Waals surface area contributed by atoms with Gasteiger partial charge in [-0.05, 0) is 55.7 Å². The molecule has 1 aliphatic rings. The second kappa shape index (κ2) is 7.04. The molecule has 0 saturated carbocycles. The van der Waals surface area contributed by atoms with E-state index in [-0.39, 0.29) is 0 Å². The van der Waals surface area contributed by atoms with Crippen molar-refractivity contribution in [3.8, 4) is 23.0 Å². The van der Waals surface area contributed by atoms with Gasteiger partial charge in [-0.25, -0.2) is 4.68 Å². The normalized spacial score (nSPS) is 13.9. The summed E-state index contributed by atoms with van der Waals surface area (Å²) in [5.74, 6) is 0.801. The summed E-state index contributed by atoms with van der Waals surface area (Å²) in [4.78, 5) is 0. The fourth-order valence-electron chi connectivity index (χ4n) is 3.44. The molecule has 0 atom stereocenters. The average Bonchev–Trinajstić information content (AvgIpc) is 2.88. The van der Waals surface area contributed by atoms with Gasteiger partial charge in [0, 0.05) is 17.7 Å². The zero-order valence-corrected chi connectivity index (χ0v) is 14.9. The first-order chi connectivity index (χ1) is 13.5. The van der Waals surface area contributed by atoms with Crippen LogP contribution in [0.1, 0.15) is 29.5 Å². The first kappa shape index (κ1) is 18.1. The highest BCUT2D eigenvalue weighted by Crippen LogP contribution is 2.37. The largest absolute Gasteiger partial charge is 0.416 e. The highest BCUT2D eigenvalue weighted by molar-refractivity contribution is 5.72. The van der Waals surface area contributed by atoms with E-state index in [1.807, 2.05) is 0 Å². The van der Waals surface area contributed by atoms with E-state index >= 15 is 0 Å². The molecular formula is C21H17F3N4. The van der Waals surface area contributed by atoms with Crippen molar-refractivity contribution in [3.05, 3.63) is 65.2 Å². The number of hydrogen-bond donors (Lipinski definition) is 1. The van der Waals surface area contributed by atoms with Gasteiger partial charge in [-0.15, -0.1) is 0 Å². The second-order valence-corrected chi connectivity index (χ2v) is 6.71. The van der Waals surface area contributed by atoms with Gasteiger partial charge in [-0.3, -0.25) is 0 Å². The molecule has 0 spiro atoms. The molecule has 0 fully saturated rings. The molecule has 2 aromatic carbocycles. The summed E-state index contributed by atoms with van der Waals surface area (Å²) < 4.78 is 41.2. The molecule has 1 aliphatic heterocycles. The minimum atomic E-state index is -4.40. The van der Waals surface area contributed by atoms with Gasteiger partial charge in [0.25, 0.3) is 0 Å². The molecule has 4 rings (SSSR count). The molecule has 0 amide bonds. The Hall–Kier alpha value is -3.27. The summed E-state index contributed by atoms with van der Waals surface area (Å²) in [6.07, 6.45) is -1.75. The Labute approximate surface area is 160 Å². The molecule has 2 heterocycles. The standard InChI is InChI=1S/C21H17F3N4/c22-21(23,24)16-5-3-4-15(12-16)19-18-6-1-2-11-26-20(18)28(27-19)17-9-7-14(13-25)8-10-17/h3-5,7-10,12,26H,1-2,6,11H2. The number of aromatic nitrogens is 2. The number of fused-ring (bicyclic) bond motifs is 1. The second-order valence-electron chi connectivity index (χ2n) is 6.71. The van der Waals surface area contributed by atoms with Crippen molar-refractivity contribution in [2.45, 2.75) is 25.4 Å². The first-order valence-corrected chi connectivity index (χ1v) is 9.01. The molecule has 4 nitrogen and oxygen atoms in total. The SMILES string of the molecule is N#Cc1ccc(-n2nc(-c3cccc(C(F)(F)F)c3)c3c2NCCCC3)cc1. The van der Waals surface area contributed by atoms with Gasteiger partial charge in [-0.1, -0.05) is 12.1 Å². The van der Waals surface area contributed by atoms with E-state index in [1.54, 1.807) is 35.0 Å². The van der Waals surface area contributed by atoms with Crippen LogP contribution in [-0.4, -0.2) is 16.3 Å². The average molecular weight is 382 g/mol. The van der Waals surface area contributed by atoms with Crippen LogP contribution in [0, 0.1) is 11.3 Å². The van der Waals surface area contributed by atoms with E-state index in [1.165, 1.54) is 6.07 Å².